The predicted octanol–water partition coefficient (Wildman–Crippen LogP) is 3.38. The van der Waals surface area contributed by atoms with E-state index in [1.807, 2.05) is 30.3 Å². The molecule has 1 aromatic heterocycles. The third-order valence-corrected chi connectivity index (χ3v) is 2.77. The van der Waals surface area contributed by atoms with Gasteiger partial charge in [-0.2, -0.15) is 0 Å². The monoisotopic (exact) mass is 225 g/mol. The second-order valence-corrected chi connectivity index (χ2v) is 4.00. The van der Waals surface area contributed by atoms with Crippen LogP contribution >= 0.6 is 22.9 Å². The maximum Gasteiger partial charge on any atom is 0.140 e. The van der Waals surface area contributed by atoms with E-state index in [1.165, 1.54) is 11.3 Å². The molecule has 0 spiro atoms. The van der Waals surface area contributed by atoms with Gasteiger partial charge < -0.3 is 4.74 Å². The number of para-hydroxylation sites is 1. The highest BCUT2D eigenvalue weighted by Gasteiger charge is 2.00. The Balaban J connectivity index is 1.95. The van der Waals surface area contributed by atoms with Crippen molar-refractivity contribution in [3.05, 3.63) is 45.9 Å². The molecule has 2 nitrogen and oxygen atoms in total. The first kappa shape index (κ1) is 9.49. The summed E-state index contributed by atoms with van der Waals surface area (Å²) in [6, 6.07) is 9.64. The molecule has 72 valence electrons. The van der Waals surface area contributed by atoms with Crippen LogP contribution in [0.3, 0.4) is 0 Å². The van der Waals surface area contributed by atoms with E-state index >= 15 is 0 Å². The molecule has 0 aliphatic heterocycles. The van der Waals surface area contributed by atoms with Gasteiger partial charge in [-0.05, 0) is 12.1 Å². The standard InChI is InChI=1S/C10H8ClNOS/c11-9-7-14-10(12-9)6-13-8-4-2-1-3-5-8/h1-5,7H,6H2. The van der Waals surface area contributed by atoms with E-state index < -0.39 is 0 Å². The van der Waals surface area contributed by atoms with Crippen LogP contribution < -0.4 is 4.74 Å². The van der Waals surface area contributed by atoms with Gasteiger partial charge in [-0.1, -0.05) is 29.8 Å². The first-order valence-electron chi connectivity index (χ1n) is 4.12. The van der Waals surface area contributed by atoms with Crippen LogP contribution in [0.5, 0.6) is 5.75 Å². The highest BCUT2D eigenvalue weighted by molar-refractivity contribution is 7.10. The van der Waals surface area contributed by atoms with Crippen LogP contribution in [0.15, 0.2) is 35.7 Å². The molecule has 0 unspecified atom stereocenters. The molecular weight excluding hydrogens is 218 g/mol. The summed E-state index contributed by atoms with van der Waals surface area (Å²) < 4.78 is 5.49. The molecule has 4 heteroatoms. The highest BCUT2D eigenvalue weighted by atomic mass is 35.5. The van der Waals surface area contributed by atoms with Crippen molar-refractivity contribution in [2.24, 2.45) is 0 Å². The fourth-order valence-electron chi connectivity index (χ4n) is 1.02. The Hall–Kier alpha value is -1.06. The maximum atomic E-state index is 5.69. The lowest BCUT2D eigenvalue weighted by Crippen LogP contribution is -1.93. The largest absolute Gasteiger partial charge is 0.486 e. The van der Waals surface area contributed by atoms with Gasteiger partial charge in [-0.3, -0.25) is 0 Å². The van der Waals surface area contributed by atoms with Crippen LogP contribution in [-0.4, -0.2) is 4.98 Å². The average Bonchev–Trinajstić information content (AvgIpc) is 2.63. The molecular formula is C10H8ClNOS. The number of hydrogen-bond acceptors (Lipinski definition) is 3. The molecule has 0 N–H and O–H groups in total. The summed E-state index contributed by atoms with van der Waals surface area (Å²) >= 11 is 7.19. The number of aromatic nitrogens is 1. The van der Waals surface area contributed by atoms with Gasteiger partial charge >= 0.3 is 0 Å². The minimum Gasteiger partial charge on any atom is -0.486 e. The number of benzene rings is 1. The third kappa shape index (κ3) is 2.47. The Morgan fingerprint density at radius 3 is 2.71 bits per heavy atom. The zero-order chi connectivity index (χ0) is 9.80. The number of ether oxygens (including phenoxy) is 1. The van der Waals surface area contributed by atoms with Gasteiger partial charge in [0.25, 0.3) is 0 Å². The Morgan fingerprint density at radius 1 is 1.29 bits per heavy atom. The van der Waals surface area contributed by atoms with Gasteiger partial charge in [-0.25, -0.2) is 4.98 Å². The Kier molecular flexibility index (Phi) is 3.01. The Labute approximate surface area is 91.1 Å². The lowest BCUT2D eigenvalue weighted by atomic mass is 10.3. The van der Waals surface area contributed by atoms with Crippen molar-refractivity contribution >= 4 is 22.9 Å². The van der Waals surface area contributed by atoms with E-state index in [0.29, 0.717) is 11.8 Å². The fraction of sp³-hybridized carbons (Fsp3) is 0.100. The fourth-order valence-corrected chi connectivity index (χ4v) is 1.87. The van der Waals surface area contributed by atoms with Gasteiger partial charge in [0.05, 0.1) is 0 Å². The second kappa shape index (κ2) is 4.44. The molecule has 2 rings (SSSR count). The van der Waals surface area contributed by atoms with Crippen LogP contribution in [0, 0.1) is 0 Å². The number of nitrogens with zero attached hydrogens (tertiary/aromatic N) is 1. The van der Waals surface area contributed by atoms with Crippen molar-refractivity contribution in [1.29, 1.82) is 0 Å². The summed E-state index contributed by atoms with van der Waals surface area (Å²) in [5, 5.41) is 3.21. The van der Waals surface area contributed by atoms with Gasteiger partial charge in [0.1, 0.15) is 22.5 Å². The van der Waals surface area contributed by atoms with Crippen molar-refractivity contribution < 1.29 is 4.74 Å². The summed E-state index contributed by atoms with van der Waals surface area (Å²) in [5.41, 5.74) is 0. The molecule has 0 fully saturated rings. The molecule has 0 amide bonds. The number of thiazole rings is 1. The Morgan fingerprint density at radius 2 is 2.07 bits per heavy atom. The minimum atomic E-state index is 0.474. The molecule has 14 heavy (non-hydrogen) atoms. The van der Waals surface area contributed by atoms with Gasteiger partial charge in [0.15, 0.2) is 0 Å². The van der Waals surface area contributed by atoms with Crippen molar-refractivity contribution in [2.75, 3.05) is 0 Å². The molecule has 0 radical (unpaired) electrons. The zero-order valence-corrected chi connectivity index (χ0v) is 8.89. The number of halogens is 1. The minimum absolute atomic E-state index is 0.474. The van der Waals surface area contributed by atoms with E-state index in [1.54, 1.807) is 5.38 Å². The average molecular weight is 226 g/mol. The molecule has 1 aromatic carbocycles. The molecule has 0 atom stereocenters. The van der Waals surface area contributed by atoms with Crippen LogP contribution in [-0.2, 0) is 6.61 Å². The summed E-state index contributed by atoms with van der Waals surface area (Å²) in [5.74, 6) is 0.846. The van der Waals surface area contributed by atoms with E-state index in [4.69, 9.17) is 16.3 Å². The molecule has 0 aliphatic carbocycles. The third-order valence-electron chi connectivity index (χ3n) is 1.63. The molecule has 0 saturated heterocycles. The Bertz CT molecular complexity index is 402. The molecule has 0 aliphatic rings. The lowest BCUT2D eigenvalue weighted by molar-refractivity contribution is 0.305. The SMILES string of the molecule is Clc1csc(COc2ccccc2)n1. The van der Waals surface area contributed by atoms with Crippen LogP contribution in [0.2, 0.25) is 5.15 Å². The summed E-state index contributed by atoms with van der Waals surface area (Å²) in [7, 11) is 0. The normalized spacial score (nSPS) is 10.1. The maximum absolute atomic E-state index is 5.69. The zero-order valence-electron chi connectivity index (χ0n) is 7.31. The summed E-state index contributed by atoms with van der Waals surface area (Å²) in [4.78, 5) is 4.08. The number of hydrogen-bond donors (Lipinski definition) is 0. The first-order chi connectivity index (χ1) is 6.84. The summed E-state index contributed by atoms with van der Waals surface area (Å²) in [6.07, 6.45) is 0. The summed E-state index contributed by atoms with van der Waals surface area (Å²) in [6.45, 7) is 0.474. The number of rotatable bonds is 3. The second-order valence-electron chi connectivity index (χ2n) is 2.67. The van der Waals surface area contributed by atoms with Crippen molar-refractivity contribution in [2.45, 2.75) is 6.61 Å². The van der Waals surface area contributed by atoms with Crippen LogP contribution in [0.1, 0.15) is 5.01 Å². The topological polar surface area (TPSA) is 22.1 Å². The van der Waals surface area contributed by atoms with Crippen molar-refractivity contribution in [3.8, 4) is 5.75 Å². The highest BCUT2D eigenvalue weighted by Crippen LogP contribution is 2.16. The lowest BCUT2D eigenvalue weighted by Gasteiger charge is -2.02. The van der Waals surface area contributed by atoms with Crippen molar-refractivity contribution in [3.63, 3.8) is 0 Å². The predicted molar refractivity (Wildman–Crippen MR) is 57.9 cm³/mol. The van der Waals surface area contributed by atoms with Gasteiger partial charge in [0, 0.05) is 5.38 Å². The van der Waals surface area contributed by atoms with E-state index in [-0.39, 0.29) is 0 Å². The van der Waals surface area contributed by atoms with Crippen molar-refractivity contribution in [1.82, 2.24) is 4.98 Å². The molecule has 1 heterocycles. The van der Waals surface area contributed by atoms with E-state index in [0.717, 1.165) is 10.8 Å². The molecule has 2 aromatic rings. The van der Waals surface area contributed by atoms with E-state index in [9.17, 15) is 0 Å². The van der Waals surface area contributed by atoms with Crippen LogP contribution in [0.25, 0.3) is 0 Å². The quantitative estimate of drug-likeness (QED) is 0.799. The molecule has 0 bridgehead atoms. The van der Waals surface area contributed by atoms with E-state index in [2.05, 4.69) is 4.98 Å². The first-order valence-corrected chi connectivity index (χ1v) is 5.38. The van der Waals surface area contributed by atoms with Gasteiger partial charge in [0.2, 0.25) is 0 Å². The van der Waals surface area contributed by atoms with Crippen LogP contribution in [0.4, 0.5) is 0 Å². The smallest absolute Gasteiger partial charge is 0.140 e. The molecule has 0 saturated carbocycles. The van der Waals surface area contributed by atoms with Gasteiger partial charge in [-0.15, -0.1) is 11.3 Å².